The van der Waals surface area contributed by atoms with Gasteiger partial charge in [0.15, 0.2) is 11.5 Å². The highest BCUT2D eigenvalue weighted by Gasteiger charge is 2.65. The Labute approximate surface area is 209 Å². The Morgan fingerprint density at radius 3 is 2.53 bits per heavy atom. The van der Waals surface area contributed by atoms with Crippen molar-refractivity contribution in [3.05, 3.63) is 64.6 Å². The molecule has 36 heavy (non-hydrogen) atoms. The van der Waals surface area contributed by atoms with E-state index in [4.69, 9.17) is 15.3 Å². The van der Waals surface area contributed by atoms with Crippen molar-refractivity contribution in [1.29, 1.82) is 10.8 Å². The van der Waals surface area contributed by atoms with Crippen LogP contribution >= 0.6 is 0 Å². The van der Waals surface area contributed by atoms with Gasteiger partial charge in [0.2, 0.25) is 0 Å². The van der Waals surface area contributed by atoms with E-state index >= 15 is 0 Å². The second-order valence-electron chi connectivity index (χ2n) is 10.8. The maximum Gasteiger partial charge on any atom is 0.276 e. The number of carbonyl (C=O) groups is 1. The molecule has 2 bridgehead atoms. The van der Waals surface area contributed by atoms with Crippen molar-refractivity contribution in [1.82, 2.24) is 10.1 Å². The minimum Gasteiger partial charge on any atom is -0.382 e. The Bertz CT molecular complexity index is 1250. The Kier molecular flexibility index (Phi) is 6.27. The molecule has 0 aliphatic heterocycles. The summed E-state index contributed by atoms with van der Waals surface area (Å²) < 4.78 is 33.8. The van der Waals surface area contributed by atoms with E-state index in [1.807, 2.05) is 20.8 Å². The predicted molar refractivity (Wildman–Crippen MR) is 131 cm³/mol. The number of rotatable bonds is 7. The smallest absolute Gasteiger partial charge is 0.276 e. The van der Waals surface area contributed by atoms with E-state index < -0.39 is 33.6 Å². The second kappa shape index (κ2) is 8.73. The van der Waals surface area contributed by atoms with Crippen molar-refractivity contribution in [2.24, 2.45) is 16.7 Å². The summed E-state index contributed by atoms with van der Waals surface area (Å²) >= 11 is 0. The van der Waals surface area contributed by atoms with E-state index in [2.05, 4.69) is 5.16 Å². The lowest BCUT2D eigenvalue weighted by molar-refractivity contribution is 0.0470. The lowest BCUT2D eigenvalue weighted by Gasteiger charge is -2.41. The van der Waals surface area contributed by atoms with Crippen LogP contribution in [0.5, 0.6) is 0 Å². The van der Waals surface area contributed by atoms with Gasteiger partial charge in [-0.25, -0.2) is 8.78 Å². The summed E-state index contributed by atoms with van der Waals surface area (Å²) in [5.74, 6) is -1.90. The maximum atomic E-state index is 14.3. The minimum absolute atomic E-state index is 0.0785. The average Bonchev–Trinajstić information content (AvgIpc) is 3.42. The third-order valence-corrected chi connectivity index (χ3v) is 8.10. The van der Waals surface area contributed by atoms with Crippen LogP contribution in [0.1, 0.15) is 69.3 Å². The number of halogens is 2. The zero-order valence-electron chi connectivity index (χ0n) is 21.2. The van der Waals surface area contributed by atoms with E-state index in [-0.39, 0.29) is 35.5 Å². The van der Waals surface area contributed by atoms with Crippen LogP contribution in [0, 0.1) is 39.2 Å². The molecule has 2 saturated carbocycles. The number of nitrogens with zero attached hydrogens (tertiary/aromatic N) is 2. The first-order valence-electron chi connectivity index (χ1n) is 12.1. The van der Waals surface area contributed by atoms with Crippen LogP contribution in [0.3, 0.4) is 0 Å². The monoisotopic (exact) mass is 498 g/mol. The SMILES string of the molecule is CCN(C[C@@]12CC[C@@H](/C(=C/C(=N)c3c(F)cccc3F)C1=N)C2(C)C)C(=O)c1cc(C(C)(C)O)on1. The lowest BCUT2D eigenvalue weighted by Crippen LogP contribution is -2.48. The van der Waals surface area contributed by atoms with Gasteiger partial charge in [-0.05, 0) is 68.7 Å². The molecule has 0 unspecified atom stereocenters. The van der Waals surface area contributed by atoms with Gasteiger partial charge in [0, 0.05) is 30.3 Å². The molecular weight excluding hydrogens is 466 g/mol. The third-order valence-electron chi connectivity index (χ3n) is 8.10. The summed E-state index contributed by atoms with van der Waals surface area (Å²) in [6.45, 7) is 9.65. The summed E-state index contributed by atoms with van der Waals surface area (Å²) in [5, 5.41) is 31.5. The summed E-state index contributed by atoms with van der Waals surface area (Å²) in [5.41, 5.74) is -2.14. The third kappa shape index (κ3) is 3.89. The topological polar surface area (TPSA) is 114 Å². The molecule has 2 aromatic rings. The van der Waals surface area contributed by atoms with Gasteiger partial charge in [-0.3, -0.25) is 4.79 Å². The zero-order chi connectivity index (χ0) is 26.6. The van der Waals surface area contributed by atoms with Crippen LogP contribution in [-0.4, -0.2) is 45.6 Å². The van der Waals surface area contributed by atoms with Crippen molar-refractivity contribution in [3.8, 4) is 0 Å². The van der Waals surface area contributed by atoms with E-state index in [1.54, 1.807) is 4.90 Å². The first-order valence-corrected chi connectivity index (χ1v) is 12.1. The van der Waals surface area contributed by atoms with Gasteiger partial charge in [-0.2, -0.15) is 0 Å². The van der Waals surface area contributed by atoms with E-state index in [1.165, 1.54) is 32.1 Å². The lowest BCUT2D eigenvalue weighted by atomic mass is 9.68. The quantitative estimate of drug-likeness (QED) is 0.461. The molecule has 2 aliphatic carbocycles. The number of benzene rings is 1. The van der Waals surface area contributed by atoms with Gasteiger partial charge < -0.3 is 25.3 Å². The molecule has 3 N–H and O–H groups in total. The molecule has 1 amide bonds. The van der Waals surface area contributed by atoms with E-state index in [9.17, 15) is 18.7 Å². The number of hydrogen-bond acceptors (Lipinski definition) is 6. The van der Waals surface area contributed by atoms with Gasteiger partial charge in [0.1, 0.15) is 17.2 Å². The number of allylic oxidation sites excluding steroid dienone is 2. The van der Waals surface area contributed by atoms with Gasteiger partial charge in [0.25, 0.3) is 5.91 Å². The molecule has 0 spiro atoms. The Hall–Kier alpha value is -3.20. The predicted octanol–water partition coefficient (Wildman–Crippen LogP) is 5.09. The number of aromatic nitrogens is 1. The molecule has 9 heteroatoms. The normalized spacial score (nSPS) is 23.9. The molecule has 0 radical (unpaired) electrons. The number of carbonyl (C=O) groups excluding carboxylic acids is 1. The van der Waals surface area contributed by atoms with Crippen molar-refractivity contribution < 1.29 is 23.2 Å². The Morgan fingerprint density at radius 2 is 1.97 bits per heavy atom. The van der Waals surface area contributed by atoms with Crippen LogP contribution in [-0.2, 0) is 5.60 Å². The molecule has 1 aromatic heterocycles. The van der Waals surface area contributed by atoms with E-state index in [0.717, 1.165) is 18.6 Å². The highest BCUT2D eigenvalue weighted by atomic mass is 19.1. The molecule has 7 nitrogen and oxygen atoms in total. The fourth-order valence-electron chi connectivity index (χ4n) is 5.85. The number of fused-ring (bicyclic) bond motifs is 2. The molecule has 2 fully saturated rings. The van der Waals surface area contributed by atoms with Crippen LogP contribution in [0.25, 0.3) is 0 Å². The average molecular weight is 499 g/mol. The van der Waals surface area contributed by atoms with Gasteiger partial charge >= 0.3 is 0 Å². The summed E-state index contributed by atoms with van der Waals surface area (Å²) in [6, 6.07) is 4.91. The van der Waals surface area contributed by atoms with E-state index in [0.29, 0.717) is 24.3 Å². The fraction of sp³-hybridized carbons (Fsp3) is 0.481. The number of nitrogens with one attached hydrogen (secondary N) is 2. The fourth-order valence-corrected chi connectivity index (χ4v) is 5.85. The number of amides is 1. The standard InChI is InChI=1S/C27H32F2N4O3/c1-6-33(24(34)20-13-21(36-32-20)26(4,5)35)14-27-11-10-16(25(27,2)3)15(23(27)31)12-19(30)22-17(28)8-7-9-18(22)29/h7-9,12-13,16,30-31,35H,6,10-11,14H2,1-5H3/b15-12-,30-19?,31-23?/t16-,27-/m0/s1. The summed E-state index contributed by atoms with van der Waals surface area (Å²) in [6.07, 6.45) is 2.84. The molecule has 2 aliphatic rings. The van der Waals surface area contributed by atoms with Crippen molar-refractivity contribution in [2.75, 3.05) is 13.1 Å². The van der Waals surface area contributed by atoms with Crippen LogP contribution < -0.4 is 0 Å². The van der Waals surface area contributed by atoms with Crippen LogP contribution in [0.2, 0.25) is 0 Å². The van der Waals surface area contributed by atoms with Crippen molar-refractivity contribution in [2.45, 2.75) is 53.1 Å². The first kappa shape index (κ1) is 25.9. The second-order valence-corrected chi connectivity index (χ2v) is 10.8. The molecule has 1 heterocycles. The van der Waals surface area contributed by atoms with Crippen LogP contribution in [0.4, 0.5) is 8.78 Å². The molecule has 0 saturated heterocycles. The van der Waals surface area contributed by atoms with Crippen molar-refractivity contribution >= 4 is 17.3 Å². The molecular formula is C27H32F2N4O3. The molecule has 1 aromatic carbocycles. The zero-order valence-corrected chi connectivity index (χ0v) is 21.2. The Morgan fingerprint density at radius 1 is 1.33 bits per heavy atom. The number of hydrogen-bond donors (Lipinski definition) is 3. The highest BCUT2D eigenvalue weighted by molar-refractivity contribution is 6.15. The summed E-state index contributed by atoms with van der Waals surface area (Å²) in [4.78, 5) is 15.0. The van der Waals surface area contributed by atoms with Crippen molar-refractivity contribution in [3.63, 3.8) is 0 Å². The van der Waals surface area contributed by atoms with Gasteiger partial charge in [0.05, 0.1) is 11.3 Å². The van der Waals surface area contributed by atoms with Gasteiger partial charge in [-0.15, -0.1) is 0 Å². The molecule has 192 valence electrons. The summed E-state index contributed by atoms with van der Waals surface area (Å²) in [7, 11) is 0. The molecule has 2 atom stereocenters. The minimum atomic E-state index is -1.28. The Balaban J connectivity index is 1.66. The van der Waals surface area contributed by atoms with Gasteiger partial charge in [-0.1, -0.05) is 25.1 Å². The molecule has 4 rings (SSSR count). The largest absolute Gasteiger partial charge is 0.382 e. The first-order chi connectivity index (χ1) is 16.7. The number of aliphatic hydroxyl groups is 1. The highest BCUT2D eigenvalue weighted by Crippen LogP contribution is 2.66. The maximum absolute atomic E-state index is 14.3. The van der Waals surface area contributed by atoms with Crippen LogP contribution in [0.15, 0.2) is 40.4 Å².